The van der Waals surface area contributed by atoms with E-state index in [0.717, 1.165) is 4.90 Å². The number of nitrogens with zero attached hydrogens (tertiary/aromatic N) is 1. The van der Waals surface area contributed by atoms with Crippen LogP contribution >= 0.6 is 0 Å². The van der Waals surface area contributed by atoms with Crippen molar-refractivity contribution in [3.05, 3.63) is 23.8 Å². The summed E-state index contributed by atoms with van der Waals surface area (Å²) in [6.07, 6.45) is -4.34. The Kier molecular flexibility index (Phi) is 16.2. The Bertz CT molecular complexity index is 2160. The van der Waals surface area contributed by atoms with Gasteiger partial charge in [0.05, 0.1) is 43.8 Å². The fraction of sp³-hybridized carbons (Fsp3) is 0.564. The van der Waals surface area contributed by atoms with Gasteiger partial charge in [0, 0.05) is 42.3 Å². The molecule has 350 valence electrons. The third-order valence-electron chi connectivity index (χ3n) is 11.5. The smallest absolute Gasteiger partial charge is 0.264 e. The molecule has 9 amide bonds. The minimum atomic E-state index is -2.13. The fourth-order valence-electron chi connectivity index (χ4n) is 7.71. The number of benzene rings is 1. The molecule has 2 aromatic rings. The number of carbonyl (C=O) groups is 9. The van der Waals surface area contributed by atoms with Crippen molar-refractivity contribution in [2.45, 2.75) is 99.9 Å². The molecule has 15 N–H and O–H groups in total. The van der Waals surface area contributed by atoms with Gasteiger partial charge in [-0.3, -0.25) is 43.2 Å². The normalized spacial score (nSPS) is 28.5. The number of aliphatic hydroxyl groups is 3. The number of hydrogen-bond donors (Lipinski definition) is 14. The summed E-state index contributed by atoms with van der Waals surface area (Å²) in [7, 11) is 0. The fourth-order valence-corrected chi connectivity index (χ4v) is 9.14. The maximum Gasteiger partial charge on any atom is 0.264 e. The van der Waals surface area contributed by atoms with Crippen LogP contribution in [0.2, 0.25) is 0 Å². The molecule has 2 bridgehead atoms. The van der Waals surface area contributed by atoms with Gasteiger partial charge in [-0.05, 0) is 18.1 Å². The van der Waals surface area contributed by atoms with Crippen LogP contribution in [0.5, 0.6) is 5.75 Å². The molecule has 3 aliphatic heterocycles. The summed E-state index contributed by atoms with van der Waals surface area (Å²) in [5.41, 5.74) is 5.84. The van der Waals surface area contributed by atoms with Crippen LogP contribution in [0.1, 0.15) is 45.6 Å². The average Bonchev–Trinajstić information content (AvgIpc) is 3.82. The van der Waals surface area contributed by atoms with Crippen LogP contribution in [0.4, 0.5) is 0 Å². The third-order valence-corrected chi connectivity index (χ3v) is 13.0. The van der Waals surface area contributed by atoms with Crippen molar-refractivity contribution < 1.29 is 68.1 Å². The lowest BCUT2D eigenvalue weighted by Crippen LogP contribution is -2.62. The number of hydrogen-bond acceptors (Lipinski definition) is 14. The molecule has 5 rings (SSSR count). The second kappa shape index (κ2) is 21.1. The summed E-state index contributed by atoms with van der Waals surface area (Å²) in [4.78, 5) is 128. The summed E-state index contributed by atoms with van der Waals surface area (Å²) >= 11 is -2.13. The predicted octanol–water partition coefficient (Wildman–Crippen LogP) is -5.58. The number of aromatic nitrogens is 1. The highest BCUT2D eigenvalue weighted by molar-refractivity contribution is 7.91. The zero-order valence-electron chi connectivity index (χ0n) is 35.2. The lowest BCUT2D eigenvalue weighted by Gasteiger charge is -2.32. The summed E-state index contributed by atoms with van der Waals surface area (Å²) in [6, 6.07) is -5.77. The van der Waals surface area contributed by atoms with E-state index in [2.05, 4.69) is 42.2 Å². The Balaban J connectivity index is 1.73. The van der Waals surface area contributed by atoms with Gasteiger partial charge < -0.3 is 73.3 Å². The SMILES string of the molecule is CC[C@H](C)[C@@H]1NC(=O)CNC(=O)[C@@H]2Cc3c([nH]c4cc(O)ccc34)[S+](O)C[C@H](NC(=O)CNC1=O)C(=O)N[C@@H](CC(N)=O)C(=O)N1C[C@H](O)C[C@H]1C(=O)N[C@@H]([C@@H](C)[C@@H](O)CO)C(=O)N2. The Labute approximate surface area is 368 Å². The van der Waals surface area contributed by atoms with E-state index in [-0.39, 0.29) is 21.9 Å². The number of H-pyrrole nitrogens is 1. The molecule has 11 atom stereocenters. The van der Waals surface area contributed by atoms with Crippen LogP contribution in [-0.2, 0) is 60.7 Å². The molecule has 1 aromatic heterocycles. The van der Waals surface area contributed by atoms with E-state index in [1.54, 1.807) is 13.8 Å². The van der Waals surface area contributed by atoms with Gasteiger partial charge in [-0.15, -0.1) is 0 Å². The van der Waals surface area contributed by atoms with Gasteiger partial charge in [-0.25, -0.2) is 0 Å². The number of amides is 9. The summed E-state index contributed by atoms with van der Waals surface area (Å²) in [5, 5.41) is 59.1. The molecule has 1 unspecified atom stereocenters. The number of aliphatic hydroxyl groups excluding tert-OH is 3. The highest BCUT2D eigenvalue weighted by Crippen LogP contribution is 2.31. The first-order chi connectivity index (χ1) is 30.2. The van der Waals surface area contributed by atoms with E-state index >= 15 is 0 Å². The molecule has 64 heavy (non-hydrogen) atoms. The van der Waals surface area contributed by atoms with Gasteiger partial charge in [-0.2, -0.15) is 4.55 Å². The van der Waals surface area contributed by atoms with Crippen molar-refractivity contribution in [1.29, 1.82) is 0 Å². The largest absolute Gasteiger partial charge is 0.508 e. The topological polar surface area (TPSA) is 384 Å². The number of phenols is 1. The highest BCUT2D eigenvalue weighted by atomic mass is 32.2. The Morgan fingerprint density at radius 2 is 1.55 bits per heavy atom. The van der Waals surface area contributed by atoms with Crippen molar-refractivity contribution in [1.82, 2.24) is 47.1 Å². The summed E-state index contributed by atoms with van der Waals surface area (Å²) in [6.45, 7) is 1.83. The molecule has 25 heteroatoms. The first-order valence-corrected chi connectivity index (χ1v) is 21.9. The number of phenolic OH excluding ortho intramolecular Hbond substituents is 1. The zero-order valence-corrected chi connectivity index (χ0v) is 36.0. The van der Waals surface area contributed by atoms with Gasteiger partial charge in [0.1, 0.15) is 36.0 Å². The first-order valence-electron chi connectivity index (χ1n) is 20.6. The molecule has 1 aromatic carbocycles. The van der Waals surface area contributed by atoms with Crippen LogP contribution in [0.25, 0.3) is 10.9 Å². The van der Waals surface area contributed by atoms with E-state index in [0.29, 0.717) is 11.8 Å². The van der Waals surface area contributed by atoms with Gasteiger partial charge >= 0.3 is 0 Å². The number of aromatic hydroxyl groups is 1. The molecule has 0 aliphatic carbocycles. The second-order valence-electron chi connectivity index (χ2n) is 16.2. The lowest BCUT2D eigenvalue weighted by atomic mass is 9.93. The number of nitrogens with two attached hydrogens (primary N) is 1. The van der Waals surface area contributed by atoms with Crippen LogP contribution in [0.15, 0.2) is 23.2 Å². The standard InChI is InChI=1S/C39H54N10O14S/c1-4-16(2)31-36(60)42-11-29(55)43-25-15-64(63)38-21(20-6-5-18(51)7-22(20)46-38)9-23(33(57)41-12-30(56)47-31)44-37(61)32(17(3)27(53)14-50)48-35(59)26-8-19(52)13-49(26)39(62)24(10-28(40)54)45-34(25)58/h5-7,16-17,19,23-27,31-32,46,50,52-53,63H,4,8-15H2,1-3H3,(H9-,40,41,42,43,44,45,47,48,51,54,55,56,57,58,59,60,61)/p+1/t16-,17-,19+,23-,24-,25-,26-,27-,31-,32-,64?/m0/s1. The van der Waals surface area contributed by atoms with E-state index < -0.39 is 176 Å². The Morgan fingerprint density at radius 3 is 2.20 bits per heavy atom. The molecule has 0 spiro atoms. The van der Waals surface area contributed by atoms with Crippen molar-refractivity contribution >= 4 is 75.2 Å². The number of aromatic amines is 1. The first kappa shape index (κ1) is 49.0. The highest BCUT2D eigenvalue weighted by Gasteiger charge is 2.46. The van der Waals surface area contributed by atoms with Gasteiger partial charge in [0.25, 0.3) is 5.03 Å². The molecule has 0 saturated carbocycles. The molecule has 0 radical (unpaired) electrons. The zero-order chi connectivity index (χ0) is 47.2. The number of nitrogens with one attached hydrogen (secondary N) is 8. The monoisotopic (exact) mass is 919 g/mol. The van der Waals surface area contributed by atoms with Crippen molar-refractivity contribution in [2.75, 3.05) is 32.0 Å². The maximum atomic E-state index is 14.4. The summed E-state index contributed by atoms with van der Waals surface area (Å²) < 4.78 is 12.0. The Hall–Kier alpha value is -6.02. The molecule has 1 fully saturated rings. The van der Waals surface area contributed by atoms with Crippen LogP contribution < -0.4 is 43.0 Å². The maximum absolute atomic E-state index is 14.4. The van der Waals surface area contributed by atoms with Crippen LogP contribution in [0, 0.1) is 11.8 Å². The number of primary amides is 1. The van der Waals surface area contributed by atoms with Crippen molar-refractivity contribution in [2.24, 2.45) is 17.6 Å². The number of fused-ring (bicyclic) bond motifs is 5. The molecular formula is C39H55N10O14S+. The van der Waals surface area contributed by atoms with Gasteiger partial charge in [0.15, 0.2) is 11.8 Å². The molecule has 3 aliphatic rings. The molecule has 24 nitrogen and oxygen atoms in total. The summed E-state index contributed by atoms with van der Waals surface area (Å²) in [5.74, 6) is -11.7. The van der Waals surface area contributed by atoms with Crippen LogP contribution in [-0.4, -0.2) is 168 Å². The minimum Gasteiger partial charge on any atom is -0.508 e. The van der Waals surface area contributed by atoms with Crippen molar-refractivity contribution in [3.63, 3.8) is 0 Å². The predicted molar refractivity (Wildman–Crippen MR) is 224 cm³/mol. The van der Waals surface area contributed by atoms with E-state index in [1.165, 1.54) is 25.1 Å². The van der Waals surface area contributed by atoms with E-state index in [9.17, 15) is 68.1 Å². The number of carbonyl (C=O) groups excluding carboxylic acids is 9. The lowest BCUT2D eigenvalue weighted by molar-refractivity contribution is -0.144. The van der Waals surface area contributed by atoms with Crippen molar-refractivity contribution in [3.8, 4) is 5.75 Å². The minimum absolute atomic E-state index is 0.0584. The van der Waals surface area contributed by atoms with Gasteiger partial charge in [0.2, 0.25) is 64.3 Å². The Morgan fingerprint density at radius 1 is 0.875 bits per heavy atom. The quantitative estimate of drug-likeness (QED) is 0.115. The van der Waals surface area contributed by atoms with E-state index in [4.69, 9.17) is 5.73 Å². The second-order valence-corrected chi connectivity index (χ2v) is 17.6. The molecule has 4 heterocycles. The van der Waals surface area contributed by atoms with Gasteiger partial charge in [-0.1, -0.05) is 27.2 Å². The number of rotatable bonds is 7. The molecular weight excluding hydrogens is 865 g/mol. The van der Waals surface area contributed by atoms with E-state index in [1.807, 2.05) is 0 Å². The average molecular weight is 920 g/mol. The van der Waals surface area contributed by atoms with Crippen LogP contribution in [0.3, 0.4) is 0 Å². The molecule has 1 saturated heterocycles. The third kappa shape index (κ3) is 11.6.